The highest BCUT2D eigenvalue weighted by atomic mass is 79.9. The molecule has 0 aromatic heterocycles. The van der Waals surface area contributed by atoms with Gasteiger partial charge >= 0.3 is 0 Å². The third kappa shape index (κ3) is 2.01. The quantitative estimate of drug-likeness (QED) is 0.727. The maximum absolute atomic E-state index is 13.4. The molecule has 1 amide bonds. The fourth-order valence-electron chi connectivity index (χ4n) is 1.62. The van der Waals surface area contributed by atoms with Crippen LogP contribution in [0.1, 0.15) is 12.8 Å². The average molecular weight is 293 g/mol. The number of halogens is 3. The second kappa shape index (κ2) is 4.10. The molecule has 5 heteroatoms. The summed E-state index contributed by atoms with van der Waals surface area (Å²) in [7, 11) is 0. The Balaban J connectivity index is 2.41. The van der Waals surface area contributed by atoms with Crippen LogP contribution in [0.3, 0.4) is 0 Å². The second-order valence-electron chi connectivity index (χ2n) is 3.37. The highest BCUT2D eigenvalue weighted by Gasteiger charge is 2.23. The predicted molar refractivity (Wildman–Crippen MR) is 60.7 cm³/mol. The van der Waals surface area contributed by atoms with Crippen molar-refractivity contribution in [3.8, 4) is 0 Å². The van der Waals surface area contributed by atoms with Crippen LogP contribution < -0.4 is 4.90 Å². The average Bonchev–Trinajstić information content (AvgIpc) is 2.60. The fraction of sp³-hybridized carbons (Fsp3) is 0.300. The van der Waals surface area contributed by atoms with E-state index < -0.39 is 5.82 Å². The lowest BCUT2D eigenvalue weighted by atomic mass is 10.3. The molecule has 80 valence electrons. The van der Waals surface area contributed by atoms with Crippen LogP contribution in [0.15, 0.2) is 16.6 Å². The van der Waals surface area contributed by atoms with E-state index in [9.17, 15) is 9.18 Å². The molecule has 0 saturated carbocycles. The van der Waals surface area contributed by atoms with E-state index in [0.29, 0.717) is 18.7 Å². The summed E-state index contributed by atoms with van der Waals surface area (Å²) in [4.78, 5) is 13.0. The van der Waals surface area contributed by atoms with Crippen LogP contribution in [0.4, 0.5) is 10.1 Å². The molecule has 0 N–H and O–H groups in total. The summed E-state index contributed by atoms with van der Waals surface area (Å²) in [6, 6.07) is 2.91. The zero-order valence-electron chi connectivity index (χ0n) is 7.77. The molecule has 0 aliphatic carbocycles. The Morgan fingerprint density at radius 1 is 1.47 bits per heavy atom. The van der Waals surface area contributed by atoms with Gasteiger partial charge in [-0.15, -0.1) is 0 Å². The summed E-state index contributed by atoms with van der Waals surface area (Å²) in [6.07, 6.45) is 1.34. The summed E-state index contributed by atoms with van der Waals surface area (Å²) in [6.45, 7) is 0.635. The summed E-state index contributed by atoms with van der Waals surface area (Å²) < 4.78 is 13.6. The Morgan fingerprint density at radius 2 is 2.20 bits per heavy atom. The van der Waals surface area contributed by atoms with Gasteiger partial charge in [0.1, 0.15) is 5.82 Å². The molecule has 2 nitrogen and oxygen atoms in total. The minimum atomic E-state index is -0.447. The molecule has 15 heavy (non-hydrogen) atoms. The van der Waals surface area contributed by atoms with E-state index in [1.54, 1.807) is 11.0 Å². The number of hydrogen-bond acceptors (Lipinski definition) is 1. The fourth-order valence-corrected chi connectivity index (χ4v) is 2.05. The minimum Gasteiger partial charge on any atom is -0.312 e. The van der Waals surface area contributed by atoms with Crippen LogP contribution in [0, 0.1) is 5.82 Å². The molecule has 2 rings (SSSR count). The molecular formula is C10H8BrClFNO. The first-order valence-corrected chi connectivity index (χ1v) is 5.71. The molecule has 1 aromatic rings. The summed E-state index contributed by atoms with van der Waals surface area (Å²) in [5.74, 6) is -0.426. The van der Waals surface area contributed by atoms with Crippen molar-refractivity contribution in [3.05, 3.63) is 27.4 Å². The van der Waals surface area contributed by atoms with Crippen molar-refractivity contribution in [2.75, 3.05) is 11.4 Å². The number of amides is 1. The van der Waals surface area contributed by atoms with Crippen LogP contribution in [-0.2, 0) is 4.79 Å². The highest BCUT2D eigenvalue weighted by Crippen LogP contribution is 2.32. The van der Waals surface area contributed by atoms with Crippen molar-refractivity contribution in [3.63, 3.8) is 0 Å². The van der Waals surface area contributed by atoms with Gasteiger partial charge in [0, 0.05) is 18.7 Å². The first-order chi connectivity index (χ1) is 7.09. The SMILES string of the molecule is O=C1CCCN1c1cc(F)c(Br)c(Cl)c1. The molecule has 0 atom stereocenters. The smallest absolute Gasteiger partial charge is 0.227 e. The maximum Gasteiger partial charge on any atom is 0.227 e. The van der Waals surface area contributed by atoms with Crippen molar-refractivity contribution in [1.29, 1.82) is 0 Å². The molecule has 1 aliphatic rings. The monoisotopic (exact) mass is 291 g/mol. The van der Waals surface area contributed by atoms with Crippen molar-refractivity contribution in [2.24, 2.45) is 0 Å². The lowest BCUT2D eigenvalue weighted by molar-refractivity contribution is -0.117. The van der Waals surface area contributed by atoms with Gasteiger partial charge in [-0.2, -0.15) is 0 Å². The van der Waals surface area contributed by atoms with Crippen molar-refractivity contribution in [1.82, 2.24) is 0 Å². The zero-order chi connectivity index (χ0) is 11.0. The Bertz CT molecular complexity index is 401. The number of hydrogen-bond donors (Lipinski definition) is 0. The molecule has 1 saturated heterocycles. The van der Waals surface area contributed by atoms with Crippen molar-refractivity contribution < 1.29 is 9.18 Å². The lowest BCUT2D eigenvalue weighted by Gasteiger charge is -2.16. The molecule has 0 bridgehead atoms. The normalized spacial score (nSPS) is 16.2. The van der Waals surface area contributed by atoms with E-state index in [-0.39, 0.29) is 15.4 Å². The molecule has 1 heterocycles. The van der Waals surface area contributed by atoms with Crippen LogP contribution in [0.5, 0.6) is 0 Å². The third-order valence-corrected chi connectivity index (χ3v) is 3.69. The first-order valence-electron chi connectivity index (χ1n) is 4.54. The Kier molecular flexibility index (Phi) is 2.98. The standard InChI is InChI=1S/C10H8BrClFNO/c11-10-7(12)4-6(5-8(10)13)14-3-1-2-9(14)15/h4-5H,1-3H2. The molecule has 1 fully saturated rings. The molecular weight excluding hydrogens is 284 g/mol. The van der Waals surface area contributed by atoms with Crippen LogP contribution in [0.25, 0.3) is 0 Å². The number of anilines is 1. The topological polar surface area (TPSA) is 20.3 Å². The first kappa shape index (κ1) is 10.9. The number of rotatable bonds is 1. The van der Waals surface area contributed by atoms with Gasteiger partial charge in [-0.3, -0.25) is 4.79 Å². The molecule has 1 aromatic carbocycles. The van der Waals surface area contributed by atoms with Gasteiger partial charge in [-0.25, -0.2) is 4.39 Å². The second-order valence-corrected chi connectivity index (χ2v) is 4.57. The summed E-state index contributed by atoms with van der Waals surface area (Å²) in [5.41, 5.74) is 0.531. The van der Waals surface area contributed by atoms with E-state index in [1.165, 1.54) is 6.07 Å². The minimum absolute atomic E-state index is 0.0211. The number of carbonyl (C=O) groups excluding carboxylic acids is 1. The number of nitrogens with zero attached hydrogens (tertiary/aromatic N) is 1. The summed E-state index contributed by atoms with van der Waals surface area (Å²) in [5, 5.41) is 0.282. The van der Waals surface area contributed by atoms with Crippen molar-refractivity contribution in [2.45, 2.75) is 12.8 Å². The number of carbonyl (C=O) groups is 1. The van der Waals surface area contributed by atoms with E-state index in [2.05, 4.69) is 15.9 Å². The highest BCUT2D eigenvalue weighted by molar-refractivity contribution is 9.10. The van der Waals surface area contributed by atoms with Crippen molar-refractivity contribution >= 4 is 39.1 Å². The van der Waals surface area contributed by atoms with E-state index in [1.807, 2.05) is 0 Å². The van der Waals surface area contributed by atoms with E-state index >= 15 is 0 Å². The lowest BCUT2D eigenvalue weighted by Crippen LogP contribution is -2.23. The molecule has 0 spiro atoms. The third-order valence-electron chi connectivity index (χ3n) is 2.35. The Labute approximate surface area is 100 Å². The van der Waals surface area contributed by atoms with Gasteiger partial charge in [-0.1, -0.05) is 11.6 Å². The molecule has 0 unspecified atom stereocenters. The van der Waals surface area contributed by atoms with Gasteiger partial charge in [0.2, 0.25) is 5.91 Å². The van der Waals surface area contributed by atoms with Gasteiger partial charge < -0.3 is 4.90 Å². The van der Waals surface area contributed by atoms with Gasteiger partial charge in [0.15, 0.2) is 0 Å². The molecule has 1 aliphatic heterocycles. The number of benzene rings is 1. The van der Waals surface area contributed by atoms with E-state index in [0.717, 1.165) is 6.42 Å². The van der Waals surface area contributed by atoms with Crippen LogP contribution >= 0.6 is 27.5 Å². The predicted octanol–water partition coefficient (Wildman–Crippen LogP) is 3.37. The maximum atomic E-state index is 13.4. The van der Waals surface area contributed by atoms with E-state index in [4.69, 9.17) is 11.6 Å². The van der Waals surface area contributed by atoms with Crippen LogP contribution in [-0.4, -0.2) is 12.5 Å². The van der Waals surface area contributed by atoms with Gasteiger partial charge in [0.05, 0.1) is 9.50 Å². The molecule has 0 radical (unpaired) electrons. The van der Waals surface area contributed by atoms with Gasteiger partial charge in [0.25, 0.3) is 0 Å². The summed E-state index contributed by atoms with van der Waals surface area (Å²) >= 11 is 8.85. The van der Waals surface area contributed by atoms with Crippen LogP contribution in [0.2, 0.25) is 5.02 Å². The Hall–Kier alpha value is -0.610. The van der Waals surface area contributed by atoms with Gasteiger partial charge in [-0.05, 0) is 34.5 Å². The largest absolute Gasteiger partial charge is 0.312 e. The zero-order valence-corrected chi connectivity index (χ0v) is 10.1. The Morgan fingerprint density at radius 3 is 2.73 bits per heavy atom.